The number of allylic oxidation sites excluding steroid dienone is 6. The summed E-state index contributed by atoms with van der Waals surface area (Å²) in [7, 11) is 0. The van der Waals surface area contributed by atoms with E-state index in [4.69, 9.17) is 18.9 Å². The van der Waals surface area contributed by atoms with Gasteiger partial charge in [-0.25, -0.2) is 0 Å². The minimum atomic E-state index is -1.60. The first kappa shape index (κ1) is 48.9. The molecule has 0 spiro atoms. The number of ether oxygens (including phenoxy) is 4. The third-order valence-electron chi connectivity index (χ3n) is 9.54. The Balaban J connectivity index is 2.37. The largest absolute Gasteiger partial charge is 0.462 e. The lowest BCUT2D eigenvalue weighted by atomic mass is 9.99. The van der Waals surface area contributed by atoms with E-state index < -0.39 is 49.4 Å². The summed E-state index contributed by atoms with van der Waals surface area (Å²) in [6, 6.07) is 0. The standard InChI is InChI=1S/C43H76O10/c1-3-5-7-9-11-13-15-17-18-20-22-24-26-28-30-32-39(46)52-36(35-51-43-42(49)41(48)40(47)37(33-44)53-43)34-50-38(45)31-29-27-25-23-21-19-16-14-12-10-8-6-4-2/h5,7,11,13,17-18,36-37,40-44,47-49H,3-4,6,8-10,12,14-16,19-35H2,1-2H3/b7-5-,13-11-,18-17-/t36-,37-,40+,41+,42-,43-/m1/s1. The molecule has 1 saturated heterocycles. The van der Waals surface area contributed by atoms with Crippen molar-refractivity contribution in [1.29, 1.82) is 0 Å². The zero-order chi connectivity index (χ0) is 38.8. The van der Waals surface area contributed by atoms with E-state index in [-0.39, 0.29) is 32.0 Å². The molecule has 10 nitrogen and oxygen atoms in total. The molecule has 1 heterocycles. The van der Waals surface area contributed by atoms with Gasteiger partial charge in [0.1, 0.15) is 31.0 Å². The van der Waals surface area contributed by atoms with Crippen LogP contribution in [0.3, 0.4) is 0 Å². The second-order valence-electron chi connectivity index (χ2n) is 14.4. The van der Waals surface area contributed by atoms with Crippen LogP contribution in [0.1, 0.15) is 168 Å². The fourth-order valence-electron chi connectivity index (χ4n) is 6.20. The van der Waals surface area contributed by atoms with E-state index in [1.807, 2.05) is 0 Å². The highest BCUT2D eigenvalue weighted by Gasteiger charge is 2.44. The van der Waals surface area contributed by atoms with Gasteiger partial charge in [-0.2, -0.15) is 0 Å². The molecule has 10 heteroatoms. The Kier molecular flexibility index (Phi) is 31.8. The molecule has 0 amide bonds. The average Bonchev–Trinajstić information content (AvgIpc) is 3.15. The first-order valence-electron chi connectivity index (χ1n) is 21.1. The van der Waals surface area contributed by atoms with E-state index in [2.05, 4.69) is 50.3 Å². The van der Waals surface area contributed by atoms with E-state index >= 15 is 0 Å². The van der Waals surface area contributed by atoms with Crippen LogP contribution in [0.4, 0.5) is 0 Å². The van der Waals surface area contributed by atoms with Gasteiger partial charge in [0, 0.05) is 12.8 Å². The highest BCUT2D eigenvalue weighted by molar-refractivity contribution is 5.70. The first-order valence-corrected chi connectivity index (χ1v) is 21.1. The number of hydrogen-bond acceptors (Lipinski definition) is 10. The van der Waals surface area contributed by atoms with Crippen LogP contribution in [0, 0.1) is 0 Å². The third-order valence-corrected chi connectivity index (χ3v) is 9.54. The van der Waals surface area contributed by atoms with Crippen LogP contribution in [-0.4, -0.2) is 89.0 Å². The van der Waals surface area contributed by atoms with E-state index in [1.54, 1.807) is 0 Å². The van der Waals surface area contributed by atoms with Crippen LogP contribution in [0.2, 0.25) is 0 Å². The lowest BCUT2D eigenvalue weighted by Crippen LogP contribution is -2.59. The van der Waals surface area contributed by atoms with Crippen LogP contribution in [0.25, 0.3) is 0 Å². The Morgan fingerprint density at radius 1 is 0.604 bits per heavy atom. The minimum Gasteiger partial charge on any atom is -0.462 e. The van der Waals surface area contributed by atoms with Crippen LogP contribution >= 0.6 is 0 Å². The molecule has 0 aromatic carbocycles. The molecule has 308 valence electrons. The van der Waals surface area contributed by atoms with Gasteiger partial charge in [-0.15, -0.1) is 0 Å². The molecule has 1 rings (SSSR count). The lowest BCUT2D eigenvalue weighted by Gasteiger charge is -2.39. The zero-order valence-electron chi connectivity index (χ0n) is 33.3. The Morgan fingerprint density at radius 2 is 1.11 bits per heavy atom. The molecule has 4 N–H and O–H groups in total. The Hall–Kier alpha value is -2.08. The molecule has 53 heavy (non-hydrogen) atoms. The molecule has 0 saturated carbocycles. The van der Waals surface area contributed by atoms with Gasteiger partial charge in [-0.05, 0) is 44.9 Å². The maximum atomic E-state index is 12.7. The predicted octanol–water partition coefficient (Wildman–Crippen LogP) is 8.33. The molecule has 0 unspecified atom stereocenters. The smallest absolute Gasteiger partial charge is 0.306 e. The Labute approximate surface area is 321 Å². The van der Waals surface area contributed by atoms with Gasteiger partial charge >= 0.3 is 11.9 Å². The maximum Gasteiger partial charge on any atom is 0.306 e. The second kappa shape index (κ2) is 34.4. The summed E-state index contributed by atoms with van der Waals surface area (Å²) >= 11 is 0. The van der Waals surface area contributed by atoms with Crippen molar-refractivity contribution in [3.63, 3.8) is 0 Å². The summed E-state index contributed by atoms with van der Waals surface area (Å²) < 4.78 is 22.1. The molecule has 0 bridgehead atoms. The Bertz CT molecular complexity index is 965. The average molecular weight is 753 g/mol. The van der Waals surface area contributed by atoms with Crippen molar-refractivity contribution in [1.82, 2.24) is 0 Å². The van der Waals surface area contributed by atoms with Gasteiger partial charge in [0.15, 0.2) is 12.4 Å². The van der Waals surface area contributed by atoms with Crippen molar-refractivity contribution < 1.29 is 49.0 Å². The number of hydrogen-bond donors (Lipinski definition) is 4. The summed E-state index contributed by atoms with van der Waals surface area (Å²) in [4.78, 5) is 25.2. The zero-order valence-corrected chi connectivity index (χ0v) is 33.3. The molecule has 0 aromatic heterocycles. The Morgan fingerprint density at radius 3 is 1.68 bits per heavy atom. The van der Waals surface area contributed by atoms with E-state index in [0.29, 0.717) is 6.42 Å². The highest BCUT2D eigenvalue weighted by Crippen LogP contribution is 2.22. The molecular weight excluding hydrogens is 676 g/mol. The predicted molar refractivity (Wildman–Crippen MR) is 210 cm³/mol. The van der Waals surface area contributed by atoms with Crippen molar-refractivity contribution in [2.45, 2.75) is 205 Å². The molecule has 1 aliphatic rings. The highest BCUT2D eigenvalue weighted by atomic mass is 16.7. The van der Waals surface area contributed by atoms with Crippen LogP contribution in [0.15, 0.2) is 36.5 Å². The van der Waals surface area contributed by atoms with Crippen molar-refractivity contribution in [3.8, 4) is 0 Å². The SMILES string of the molecule is CC/C=C\C/C=C\C/C=C\CCCCCCCC(=O)O[C@H](COC(=O)CCCCCCCCCCCCCCC)CO[C@@H]1O[C@H](CO)[C@H](O)[C@H](O)[C@H]1O. The van der Waals surface area contributed by atoms with Crippen molar-refractivity contribution in [2.75, 3.05) is 19.8 Å². The summed E-state index contributed by atoms with van der Waals surface area (Å²) in [5, 5.41) is 40.0. The number of rotatable bonds is 34. The van der Waals surface area contributed by atoms with Gasteiger partial charge in [-0.1, -0.05) is 147 Å². The number of carbonyl (C=O) groups is 2. The monoisotopic (exact) mass is 753 g/mol. The minimum absolute atomic E-state index is 0.211. The van der Waals surface area contributed by atoms with E-state index in [0.717, 1.165) is 70.6 Å². The molecular formula is C43H76O10. The van der Waals surface area contributed by atoms with Gasteiger partial charge in [0.2, 0.25) is 0 Å². The van der Waals surface area contributed by atoms with Gasteiger partial charge in [0.05, 0.1) is 13.2 Å². The van der Waals surface area contributed by atoms with Gasteiger partial charge in [0.25, 0.3) is 0 Å². The molecule has 1 fully saturated rings. The quantitative estimate of drug-likeness (QED) is 0.0287. The normalized spacial score (nSPS) is 21.2. The number of aliphatic hydroxyl groups is 4. The number of esters is 2. The van der Waals surface area contributed by atoms with Crippen molar-refractivity contribution >= 4 is 11.9 Å². The van der Waals surface area contributed by atoms with Gasteiger partial charge < -0.3 is 39.4 Å². The fourth-order valence-corrected chi connectivity index (χ4v) is 6.20. The summed E-state index contributed by atoms with van der Waals surface area (Å²) in [6.45, 7) is 3.28. The van der Waals surface area contributed by atoms with E-state index in [1.165, 1.54) is 64.2 Å². The molecule has 0 radical (unpaired) electrons. The van der Waals surface area contributed by atoms with Gasteiger partial charge in [-0.3, -0.25) is 9.59 Å². The molecule has 1 aliphatic heterocycles. The summed E-state index contributed by atoms with van der Waals surface area (Å²) in [6.07, 6.45) is 30.1. The number of carbonyl (C=O) groups excluding carboxylic acids is 2. The van der Waals surface area contributed by atoms with Crippen LogP contribution in [0.5, 0.6) is 0 Å². The molecule has 0 aromatic rings. The van der Waals surface area contributed by atoms with Crippen molar-refractivity contribution in [3.05, 3.63) is 36.5 Å². The van der Waals surface area contributed by atoms with Crippen LogP contribution in [-0.2, 0) is 28.5 Å². The second-order valence-corrected chi connectivity index (χ2v) is 14.4. The summed E-state index contributed by atoms with van der Waals surface area (Å²) in [5.74, 6) is -0.825. The number of aliphatic hydroxyl groups excluding tert-OH is 4. The summed E-state index contributed by atoms with van der Waals surface area (Å²) in [5.41, 5.74) is 0. The first-order chi connectivity index (χ1) is 25.8. The fraction of sp³-hybridized carbons (Fsp3) is 0.814. The number of unbranched alkanes of at least 4 members (excludes halogenated alkanes) is 17. The molecule has 6 atom stereocenters. The van der Waals surface area contributed by atoms with Crippen molar-refractivity contribution in [2.24, 2.45) is 0 Å². The van der Waals surface area contributed by atoms with Crippen LogP contribution < -0.4 is 0 Å². The topological polar surface area (TPSA) is 152 Å². The lowest BCUT2D eigenvalue weighted by molar-refractivity contribution is -0.305. The third kappa shape index (κ3) is 26.4. The maximum absolute atomic E-state index is 12.7. The molecule has 0 aliphatic carbocycles. The van der Waals surface area contributed by atoms with E-state index in [9.17, 15) is 30.0 Å².